The summed E-state index contributed by atoms with van der Waals surface area (Å²) < 4.78 is 0. The monoisotopic (exact) mass is 204 g/mol. The zero-order valence-corrected chi connectivity index (χ0v) is 9.21. The van der Waals surface area contributed by atoms with E-state index in [0.717, 1.165) is 15.6 Å². The van der Waals surface area contributed by atoms with E-state index < -0.39 is 0 Å². The molecule has 0 atom stereocenters. The fourth-order valence-corrected chi connectivity index (χ4v) is 0.979. The molecule has 1 aromatic rings. The van der Waals surface area contributed by atoms with Crippen LogP contribution in [0.25, 0.3) is 0 Å². The summed E-state index contributed by atoms with van der Waals surface area (Å²) in [5.74, 6) is 0. The highest BCUT2D eigenvalue weighted by atomic mass is 35.5. The summed E-state index contributed by atoms with van der Waals surface area (Å²) in [6.07, 6.45) is 1.25. The van der Waals surface area contributed by atoms with Crippen LogP contribution in [-0.2, 0) is 0 Å². The second kappa shape index (κ2) is 6.33. The minimum Gasteiger partial charge on any atom is -0.0840 e. The van der Waals surface area contributed by atoms with Crippen molar-refractivity contribution in [2.45, 2.75) is 27.2 Å². The molecule has 0 fully saturated rings. The lowest BCUT2D eigenvalue weighted by Crippen LogP contribution is -1.73. The van der Waals surface area contributed by atoms with E-state index in [1.54, 1.807) is 0 Å². The van der Waals surface area contributed by atoms with E-state index in [-0.39, 0.29) is 0 Å². The molecule has 0 N–H and O–H groups in total. The van der Waals surface area contributed by atoms with Gasteiger partial charge in [0.25, 0.3) is 0 Å². The molecule has 0 heterocycles. The molecular formula is C10H14Cl2. The molecule has 0 aliphatic carbocycles. The van der Waals surface area contributed by atoms with E-state index in [1.807, 2.05) is 25.1 Å². The summed E-state index contributed by atoms with van der Waals surface area (Å²) in [4.78, 5) is 0. The Morgan fingerprint density at radius 2 is 1.42 bits per heavy atom. The van der Waals surface area contributed by atoms with Crippen molar-refractivity contribution in [1.82, 2.24) is 0 Å². The average molecular weight is 205 g/mol. The Morgan fingerprint density at radius 1 is 1.08 bits per heavy atom. The normalized spacial score (nSPS) is 8.75. The third kappa shape index (κ3) is 3.99. The van der Waals surface area contributed by atoms with Gasteiger partial charge in [0.05, 0.1) is 0 Å². The van der Waals surface area contributed by atoms with Crippen LogP contribution < -0.4 is 0 Å². The highest BCUT2D eigenvalue weighted by molar-refractivity contribution is 6.35. The molecule has 0 nitrogen and oxygen atoms in total. The van der Waals surface area contributed by atoms with Gasteiger partial charge in [-0.2, -0.15) is 0 Å². The van der Waals surface area contributed by atoms with Crippen LogP contribution in [0.4, 0.5) is 0 Å². The van der Waals surface area contributed by atoms with Crippen molar-refractivity contribution >= 4 is 23.2 Å². The summed E-state index contributed by atoms with van der Waals surface area (Å²) in [5, 5.41) is 1.45. The number of hydrogen-bond donors (Lipinski definition) is 0. The Balaban J connectivity index is 0.000000354. The van der Waals surface area contributed by atoms with Crippen LogP contribution in [0.3, 0.4) is 0 Å². The van der Waals surface area contributed by atoms with Gasteiger partial charge in [-0.1, -0.05) is 49.5 Å². The van der Waals surface area contributed by atoms with Gasteiger partial charge in [0.15, 0.2) is 0 Å². The quantitative estimate of drug-likeness (QED) is 0.574. The first-order valence-electron chi connectivity index (χ1n) is 4.04. The van der Waals surface area contributed by atoms with E-state index in [1.165, 1.54) is 6.42 Å². The maximum absolute atomic E-state index is 5.73. The zero-order valence-electron chi connectivity index (χ0n) is 7.70. The average Bonchev–Trinajstić information content (AvgIpc) is 2.02. The van der Waals surface area contributed by atoms with Crippen molar-refractivity contribution < 1.29 is 0 Å². The molecule has 0 aliphatic heterocycles. The van der Waals surface area contributed by atoms with E-state index in [9.17, 15) is 0 Å². The number of benzene rings is 1. The second-order valence-corrected chi connectivity index (χ2v) is 3.37. The van der Waals surface area contributed by atoms with Crippen LogP contribution in [0.2, 0.25) is 10.0 Å². The first-order valence-corrected chi connectivity index (χ1v) is 4.79. The van der Waals surface area contributed by atoms with Crippen molar-refractivity contribution in [3.8, 4) is 0 Å². The molecule has 0 radical (unpaired) electrons. The third-order valence-electron chi connectivity index (χ3n) is 1.20. The van der Waals surface area contributed by atoms with Crippen LogP contribution in [0.15, 0.2) is 18.2 Å². The molecule has 0 unspecified atom stereocenters. The minimum absolute atomic E-state index is 0.725. The fourth-order valence-electron chi connectivity index (χ4n) is 0.581. The van der Waals surface area contributed by atoms with Crippen LogP contribution in [0, 0.1) is 6.92 Å². The topological polar surface area (TPSA) is 0 Å². The van der Waals surface area contributed by atoms with Gasteiger partial charge < -0.3 is 0 Å². The number of rotatable bonds is 0. The lowest BCUT2D eigenvalue weighted by atomic mass is 10.2. The van der Waals surface area contributed by atoms with Gasteiger partial charge in [-0.15, -0.1) is 0 Å². The Kier molecular flexibility index (Phi) is 6.23. The lowest BCUT2D eigenvalue weighted by Gasteiger charge is -1.96. The molecule has 1 aromatic carbocycles. The Bertz CT molecular complexity index is 211. The Morgan fingerprint density at radius 3 is 1.67 bits per heavy atom. The molecule has 0 saturated carbocycles. The van der Waals surface area contributed by atoms with Crippen LogP contribution in [-0.4, -0.2) is 0 Å². The van der Waals surface area contributed by atoms with Gasteiger partial charge in [0, 0.05) is 10.0 Å². The van der Waals surface area contributed by atoms with E-state index in [0.29, 0.717) is 0 Å². The fraction of sp³-hybridized carbons (Fsp3) is 0.400. The third-order valence-corrected chi connectivity index (χ3v) is 2.02. The number of halogens is 2. The molecule has 0 amide bonds. The molecule has 1 rings (SSSR count). The minimum atomic E-state index is 0.725. The number of hydrogen-bond acceptors (Lipinski definition) is 0. The summed E-state index contributed by atoms with van der Waals surface area (Å²) in [5.41, 5.74) is 0.945. The molecule has 0 bridgehead atoms. The van der Waals surface area contributed by atoms with Crippen molar-refractivity contribution in [1.29, 1.82) is 0 Å². The first-order chi connectivity index (χ1) is 5.63. The van der Waals surface area contributed by atoms with Gasteiger partial charge in [0.2, 0.25) is 0 Å². The van der Waals surface area contributed by atoms with Crippen molar-refractivity contribution in [3.63, 3.8) is 0 Å². The molecule has 0 aromatic heterocycles. The van der Waals surface area contributed by atoms with Crippen LogP contribution in [0.5, 0.6) is 0 Å². The van der Waals surface area contributed by atoms with Gasteiger partial charge in [-0.3, -0.25) is 0 Å². The molecule has 0 saturated heterocycles. The van der Waals surface area contributed by atoms with Gasteiger partial charge in [-0.05, 0) is 24.6 Å². The second-order valence-electron chi connectivity index (χ2n) is 2.55. The molecule has 12 heavy (non-hydrogen) atoms. The standard InChI is InChI=1S/C7H6Cl2.C3H8/c1-5-6(8)3-2-4-7(5)9;1-3-2/h2-4H,1H3;3H2,1-2H3. The zero-order chi connectivity index (χ0) is 9.56. The summed E-state index contributed by atoms with van der Waals surface area (Å²) in [7, 11) is 0. The molecule has 68 valence electrons. The SMILES string of the molecule is CCC.Cc1c(Cl)cccc1Cl. The van der Waals surface area contributed by atoms with E-state index in [4.69, 9.17) is 23.2 Å². The lowest BCUT2D eigenvalue weighted by molar-refractivity contribution is 1.09. The first kappa shape index (κ1) is 11.8. The predicted molar refractivity (Wildman–Crippen MR) is 57.2 cm³/mol. The van der Waals surface area contributed by atoms with Gasteiger partial charge >= 0.3 is 0 Å². The maximum atomic E-state index is 5.73. The largest absolute Gasteiger partial charge is 0.0840 e. The molecule has 0 spiro atoms. The van der Waals surface area contributed by atoms with Crippen LogP contribution in [0.1, 0.15) is 25.8 Å². The summed E-state index contributed by atoms with van der Waals surface area (Å²) in [6.45, 7) is 6.14. The smallest absolute Gasteiger partial charge is 0.0450 e. The molecule has 2 heteroatoms. The van der Waals surface area contributed by atoms with Crippen molar-refractivity contribution in [3.05, 3.63) is 33.8 Å². The Labute approximate surface area is 84.5 Å². The van der Waals surface area contributed by atoms with Gasteiger partial charge in [-0.25, -0.2) is 0 Å². The molecular weight excluding hydrogens is 191 g/mol. The summed E-state index contributed by atoms with van der Waals surface area (Å²) >= 11 is 11.5. The molecule has 0 aliphatic rings. The van der Waals surface area contributed by atoms with E-state index >= 15 is 0 Å². The highest BCUT2D eigenvalue weighted by Gasteiger charge is 1.96. The van der Waals surface area contributed by atoms with Crippen molar-refractivity contribution in [2.24, 2.45) is 0 Å². The van der Waals surface area contributed by atoms with Gasteiger partial charge in [0.1, 0.15) is 0 Å². The van der Waals surface area contributed by atoms with E-state index in [2.05, 4.69) is 13.8 Å². The van der Waals surface area contributed by atoms with Crippen LogP contribution >= 0.6 is 23.2 Å². The highest BCUT2D eigenvalue weighted by Crippen LogP contribution is 2.21. The predicted octanol–water partition coefficient (Wildman–Crippen LogP) is 4.72. The maximum Gasteiger partial charge on any atom is 0.0450 e. The van der Waals surface area contributed by atoms with Crippen molar-refractivity contribution in [2.75, 3.05) is 0 Å². The summed E-state index contributed by atoms with van der Waals surface area (Å²) in [6, 6.07) is 5.48. The Hall–Kier alpha value is -0.200.